The van der Waals surface area contributed by atoms with Crippen molar-refractivity contribution < 1.29 is 23.1 Å². The van der Waals surface area contributed by atoms with Crippen LogP contribution in [0.4, 0.5) is 14.6 Å². The molecule has 0 aliphatic heterocycles. The van der Waals surface area contributed by atoms with Crippen molar-refractivity contribution in [1.29, 1.82) is 0 Å². The molecule has 2 heterocycles. The Morgan fingerprint density at radius 1 is 1.21 bits per heavy atom. The van der Waals surface area contributed by atoms with Crippen molar-refractivity contribution in [3.05, 3.63) is 47.8 Å². The van der Waals surface area contributed by atoms with Gasteiger partial charge < -0.3 is 15.4 Å². The lowest BCUT2D eigenvalue weighted by atomic mass is 10.1. The van der Waals surface area contributed by atoms with E-state index in [9.17, 15) is 18.4 Å². The summed E-state index contributed by atoms with van der Waals surface area (Å²) in [6, 6.07) is 5.86. The van der Waals surface area contributed by atoms with Crippen LogP contribution in [0.3, 0.4) is 0 Å². The van der Waals surface area contributed by atoms with Gasteiger partial charge in [0.25, 0.3) is 11.8 Å². The van der Waals surface area contributed by atoms with Gasteiger partial charge in [-0.2, -0.15) is 0 Å². The molecule has 1 atom stereocenters. The average Bonchev–Trinajstić information content (AvgIpc) is 2.70. The van der Waals surface area contributed by atoms with Crippen LogP contribution >= 0.6 is 0 Å². The van der Waals surface area contributed by atoms with E-state index in [4.69, 9.17) is 4.74 Å². The van der Waals surface area contributed by atoms with E-state index < -0.39 is 12.5 Å². The summed E-state index contributed by atoms with van der Waals surface area (Å²) in [4.78, 5) is 32.1. The largest absolute Gasteiger partial charge is 0.471 e. The molecule has 9 heteroatoms. The van der Waals surface area contributed by atoms with Gasteiger partial charge in [-0.3, -0.25) is 9.59 Å². The first-order valence-corrected chi connectivity index (χ1v) is 9.25. The molecular weight excluding hydrogens is 382 g/mol. The molecular formula is C20H24F2N4O3. The first-order valence-electron chi connectivity index (χ1n) is 9.25. The zero-order chi connectivity index (χ0) is 21.4. The lowest BCUT2D eigenvalue weighted by molar-refractivity contribution is -0.115. The van der Waals surface area contributed by atoms with Gasteiger partial charge in [0.1, 0.15) is 5.82 Å². The van der Waals surface area contributed by atoms with E-state index >= 15 is 0 Å². The lowest BCUT2D eigenvalue weighted by Crippen LogP contribution is -2.28. The Morgan fingerprint density at radius 2 is 1.97 bits per heavy atom. The normalized spacial score (nSPS) is 12.2. The molecule has 29 heavy (non-hydrogen) atoms. The van der Waals surface area contributed by atoms with Crippen molar-refractivity contribution in [3.63, 3.8) is 0 Å². The van der Waals surface area contributed by atoms with Crippen LogP contribution in [-0.2, 0) is 4.79 Å². The van der Waals surface area contributed by atoms with Crippen molar-refractivity contribution in [2.45, 2.75) is 45.6 Å². The third kappa shape index (κ3) is 7.10. The number of halogens is 2. The highest BCUT2D eigenvalue weighted by Crippen LogP contribution is 2.20. The number of alkyl halides is 2. The van der Waals surface area contributed by atoms with Gasteiger partial charge in [0, 0.05) is 37.4 Å². The Morgan fingerprint density at radius 3 is 2.55 bits per heavy atom. The number of carbonyl (C=O) groups is 2. The fourth-order valence-corrected chi connectivity index (χ4v) is 2.42. The molecule has 2 amide bonds. The molecule has 2 aromatic heterocycles. The molecule has 0 spiro atoms. The number of aromatic nitrogens is 2. The molecule has 2 aromatic rings. The Balaban J connectivity index is 2.04. The van der Waals surface area contributed by atoms with Gasteiger partial charge in [-0.25, -0.2) is 18.7 Å². The molecule has 156 valence electrons. The summed E-state index contributed by atoms with van der Waals surface area (Å²) < 4.78 is 30.7. The number of anilines is 1. The summed E-state index contributed by atoms with van der Waals surface area (Å²) in [6.07, 6.45) is 3.82. The zero-order valence-corrected chi connectivity index (χ0v) is 16.5. The van der Waals surface area contributed by atoms with Crippen molar-refractivity contribution in [2.75, 3.05) is 11.9 Å². The van der Waals surface area contributed by atoms with Crippen molar-refractivity contribution in [1.82, 2.24) is 15.3 Å². The van der Waals surface area contributed by atoms with Crippen molar-refractivity contribution >= 4 is 17.6 Å². The summed E-state index contributed by atoms with van der Waals surface area (Å²) >= 11 is 0. The van der Waals surface area contributed by atoms with Crippen LogP contribution < -0.4 is 15.4 Å². The van der Waals surface area contributed by atoms with Crippen LogP contribution in [-0.4, -0.2) is 34.3 Å². The summed E-state index contributed by atoms with van der Waals surface area (Å²) in [7, 11) is 0. The molecule has 0 aliphatic carbocycles. The van der Waals surface area contributed by atoms with Crippen molar-refractivity contribution in [3.8, 4) is 5.88 Å². The molecule has 0 saturated heterocycles. The summed E-state index contributed by atoms with van der Waals surface area (Å²) in [5.74, 6) is -3.09. The maximum absolute atomic E-state index is 12.9. The van der Waals surface area contributed by atoms with E-state index in [2.05, 4.69) is 20.6 Å². The molecule has 1 unspecified atom stereocenters. The average molecular weight is 406 g/mol. The van der Waals surface area contributed by atoms with Crippen LogP contribution in [0.5, 0.6) is 5.88 Å². The Labute approximate surface area is 167 Å². The predicted octanol–water partition coefficient (Wildman–Crippen LogP) is 3.74. The van der Waals surface area contributed by atoms with E-state index in [1.807, 2.05) is 6.92 Å². The van der Waals surface area contributed by atoms with E-state index in [0.29, 0.717) is 29.8 Å². The van der Waals surface area contributed by atoms with Crippen LogP contribution in [0.25, 0.3) is 0 Å². The highest BCUT2D eigenvalue weighted by atomic mass is 19.3. The SMILES string of the molecule is CCC(=O)Nc1cc(C(=O)NC(CC)c2ccc(OCC(C)(F)F)nc2)ccn1. The van der Waals surface area contributed by atoms with Gasteiger partial charge in [-0.1, -0.05) is 19.9 Å². The third-order valence-electron chi connectivity index (χ3n) is 3.96. The first kappa shape index (κ1) is 22.2. The Hall–Kier alpha value is -3.10. The van der Waals surface area contributed by atoms with Gasteiger partial charge in [0.15, 0.2) is 6.61 Å². The highest BCUT2D eigenvalue weighted by molar-refractivity contribution is 5.96. The number of rotatable bonds is 9. The van der Waals surface area contributed by atoms with Crippen LogP contribution in [0, 0.1) is 0 Å². The van der Waals surface area contributed by atoms with Crippen molar-refractivity contribution in [2.24, 2.45) is 0 Å². The molecule has 7 nitrogen and oxygen atoms in total. The minimum atomic E-state index is -2.94. The summed E-state index contributed by atoms with van der Waals surface area (Å²) in [5, 5.41) is 5.50. The second-order valence-electron chi connectivity index (χ2n) is 6.55. The topological polar surface area (TPSA) is 93.2 Å². The number of pyridine rings is 2. The Kier molecular flexibility index (Phi) is 7.58. The van der Waals surface area contributed by atoms with Crippen LogP contribution in [0.15, 0.2) is 36.7 Å². The molecule has 0 aromatic carbocycles. The highest BCUT2D eigenvalue weighted by Gasteiger charge is 2.22. The monoisotopic (exact) mass is 406 g/mol. The minimum absolute atomic E-state index is 0.0851. The standard InChI is InChI=1S/C20H24F2N4O3/c1-4-15(14-6-7-18(24-11-14)29-12-20(3,21)22)25-19(28)13-8-9-23-16(10-13)26-17(27)5-2/h6-11,15H,4-5,12H2,1-3H3,(H,25,28)(H,23,26,27). The number of ether oxygens (including phenoxy) is 1. The van der Waals surface area contributed by atoms with Gasteiger partial charge in [-0.05, 0) is 24.1 Å². The van der Waals surface area contributed by atoms with Gasteiger partial charge in [0.2, 0.25) is 11.8 Å². The van der Waals surface area contributed by atoms with Gasteiger partial charge in [0.05, 0.1) is 6.04 Å². The number of nitrogens with one attached hydrogen (secondary N) is 2. The van der Waals surface area contributed by atoms with E-state index in [0.717, 1.165) is 6.92 Å². The Bertz CT molecular complexity index is 838. The number of amides is 2. The maximum atomic E-state index is 12.9. The number of nitrogens with zero attached hydrogens (tertiary/aromatic N) is 2. The predicted molar refractivity (Wildman–Crippen MR) is 104 cm³/mol. The van der Waals surface area contributed by atoms with E-state index in [1.54, 1.807) is 19.1 Å². The number of hydrogen-bond acceptors (Lipinski definition) is 5. The quantitative estimate of drug-likeness (QED) is 0.662. The summed E-state index contributed by atoms with van der Waals surface area (Å²) in [5.41, 5.74) is 1.06. The van der Waals surface area contributed by atoms with Crippen LogP contribution in [0.2, 0.25) is 0 Å². The second kappa shape index (κ2) is 9.90. The fourth-order valence-electron chi connectivity index (χ4n) is 2.42. The maximum Gasteiger partial charge on any atom is 0.278 e. The number of hydrogen-bond donors (Lipinski definition) is 2. The molecule has 2 rings (SSSR count). The molecule has 0 bridgehead atoms. The zero-order valence-electron chi connectivity index (χ0n) is 16.5. The third-order valence-corrected chi connectivity index (χ3v) is 3.96. The second-order valence-corrected chi connectivity index (χ2v) is 6.55. The molecule has 0 aliphatic rings. The first-order chi connectivity index (χ1) is 13.7. The number of carbonyl (C=O) groups excluding carboxylic acids is 2. The van der Waals surface area contributed by atoms with E-state index in [1.165, 1.54) is 24.5 Å². The molecule has 2 N–H and O–H groups in total. The smallest absolute Gasteiger partial charge is 0.278 e. The minimum Gasteiger partial charge on any atom is -0.471 e. The molecule has 0 radical (unpaired) electrons. The molecule has 0 saturated carbocycles. The molecule has 0 fully saturated rings. The van der Waals surface area contributed by atoms with Crippen LogP contribution in [0.1, 0.15) is 55.6 Å². The van der Waals surface area contributed by atoms with Gasteiger partial charge >= 0.3 is 0 Å². The lowest BCUT2D eigenvalue weighted by Gasteiger charge is -2.18. The van der Waals surface area contributed by atoms with E-state index in [-0.39, 0.29) is 23.7 Å². The van der Waals surface area contributed by atoms with Gasteiger partial charge in [-0.15, -0.1) is 0 Å². The summed E-state index contributed by atoms with van der Waals surface area (Å²) in [6.45, 7) is 3.62. The fraction of sp³-hybridized carbons (Fsp3) is 0.400.